The first kappa shape index (κ1) is 18.6. The van der Waals surface area contributed by atoms with Gasteiger partial charge in [-0.2, -0.15) is 8.75 Å². The molecule has 1 aromatic heterocycles. The van der Waals surface area contributed by atoms with Crippen molar-refractivity contribution < 1.29 is 24.2 Å². The van der Waals surface area contributed by atoms with Gasteiger partial charge in [-0.3, -0.25) is 9.59 Å². The molecular weight excluding hydrogens is 370 g/mol. The number of phenolic OH excluding ortho intramolecular Hbond substituents is 1. The van der Waals surface area contributed by atoms with Gasteiger partial charge < -0.3 is 20.3 Å². The number of esters is 1. The van der Waals surface area contributed by atoms with Gasteiger partial charge in [-0.05, 0) is 29.8 Å². The second-order valence-corrected chi connectivity index (χ2v) is 6.32. The van der Waals surface area contributed by atoms with Crippen molar-refractivity contribution in [2.45, 2.75) is 12.3 Å². The number of amides is 1. The van der Waals surface area contributed by atoms with Gasteiger partial charge in [-0.25, -0.2) is 0 Å². The van der Waals surface area contributed by atoms with Crippen LogP contribution in [-0.4, -0.2) is 39.4 Å². The fourth-order valence-corrected chi connectivity index (χ4v) is 3.34. The van der Waals surface area contributed by atoms with Gasteiger partial charge in [0.15, 0.2) is 6.61 Å². The maximum atomic E-state index is 12.0. The minimum atomic E-state index is -0.574. The highest BCUT2D eigenvalue weighted by molar-refractivity contribution is 7.00. The Morgan fingerprint density at radius 3 is 2.59 bits per heavy atom. The normalized spacial score (nSPS) is 11.9. The van der Waals surface area contributed by atoms with E-state index in [1.54, 1.807) is 30.3 Å². The molecule has 0 radical (unpaired) electrons. The monoisotopic (exact) mass is 387 g/mol. The van der Waals surface area contributed by atoms with Crippen LogP contribution in [0.25, 0.3) is 11.0 Å². The van der Waals surface area contributed by atoms with E-state index in [0.717, 1.165) is 17.3 Å². The molecule has 3 rings (SSSR count). The molecule has 0 aliphatic carbocycles. The lowest BCUT2D eigenvalue weighted by molar-refractivity contribution is -0.140. The molecule has 0 saturated carbocycles. The third-order valence-corrected chi connectivity index (χ3v) is 4.60. The first-order valence-corrected chi connectivity index (χ1v) is 8.74. The SMILES string of the molecule is COC(=O)C[C@@H](c1ccc(OCC(N)=O)cc1)c1c(O)ccc2nsnc12. The Hall–Kier alpha value is -3.20. The number of carbonyl (C=O) groups excluding carboxylic acids is 2. The number of aromatic nitrogens is 2. The maximum Gasteiger partial charge on any atom is 0.306 e. The number of carbonyl (C=O) groups is 2. The van der Waals surface area contributed by atoms with E-state index >= 15 is 0 Å². The Kier molecular flexibility index (Phi) is 5.51. The second-order valence-electron chi connectivity index (χ2n) is 5.79. The van der Waals surface area contributed by atoms with Crippen LogP contribution in [0.5, 0.6) is 11.5 Å². The summed E-state index contributed by atoms with van der Waals surface area (Å²) >= 11 is 1.03. The summed E-state index contributed by atoms with van der Waals surface area (Å²) in [4.78, 5) is 22.8. The predicted molar refractivity (Wildman–Crippen MR) is 98.7 cm³/mol. The molecule has 1 atom stereocenters. The Morgan fingerprint density at radius 2 is 1.93 bits per heavy atom. The van der Waals surface area contributed by atoms with Crippen molar-refractivity contribution in [2.24, 2.45) is 5.73 Å². The molecule has 140 valence electrons. The third kappa shape index (κ3) is 4.14. The number of ether oxygens (including phenoxy) is 2. The van der Waals surface area contributed by atoms with Crippen LogP contribution in [0.2, 0.25) is 0 Å². The molecule has 1 heterocycles. The summed E-state index contributed by atoms with van der Waals surface area (Å²) < 4.78 is 18.5. The number of phenols is 1. The van der Waals surface area contributed by atoms with E-state index < -0.39 is 17.8 Å². The minimum absolute atomic E-state index is 0.0161. The number of nitrogens with two attached hydrogens (primary N) is 1. The summed E-state index contributed by atoms with van der Waals surface area (Å²) in [5.74, 6) is -0.996. The standard InChI is InChI=1S/C18H17N3O5S/c1-25-16(24)8-12(10-2-4-11(5-3-10)26-9-15(19)23)17-14(22)7-6-13-18(17)21-27-20-13/h2-7,12,22H,8-9H2,1H3,(H2,19,23)/t12-/m0/s1. The molecule has 0 fully saturated rings. The summed E-state index contributed by atoms with van der Waals surface area (Å²) in [5.41, 5.74) is 7.52. The summed E-state index contributed by atoms with van der Waals surface area (Å²) in [6, 6.07) is 10.0. The lowest BCUT2D eigenvalue weighted by Crippen LogP contribution is -2.20. The molecule has 0 bridgehead atoms. The average molecular weight is 387 g/mol. The van der Waals surface area contributed by atoms with E-state index in [1.807, 2.05) is 0 Å². The van der Waals surface area contributed by atoms with Gasteiger partial charge in [0.1, 0.15) is 22.5 Å². The largest absolute Gasteiger partial charge is 0.508 e. The van der Waals surface area contributed by atoms with E-state index in [0.29, 0.717) is 22.3 Å². The number of fused-ring (bicyclic) bond motifs is 1. The predicted octanol–water partition coefficient (Wildman–Crippen LogP) is 1.96. The van der Waals surface area contributed by atoms with Gasteiger partial charge >= 0.3 is 5.97 Å². The molecule has 9 heteroatoms. The van der Waals surface area contributed by atoms with E-state index in [1.165, 1.54) is 13.2 Å². The first-order chi connectivity index (χ1) is 13.0. The fourth-order valence-electron chi connectivity index (χ4n) is 2.79. The van der Waals surface area contributed by atoms with Crippen LogP contribution in [0, 0.1) is 0 Å². The lowest BCUT2D eigenvalue weighted by Gasteiger charge is -2.19. The summed E-state index contributed by atoms with van der Waals surface area (Å²) in [6.07, 6.45) is 0.0161. The highest BCUT2D eigenvalue weighted by Gasteiger charge is 2.25. The molecule has 27 heavy (non-hydrogen) atoms. The summed E-state index contributed by atoms with van der Waals surface area (Å²) in [6.45, 7) is -0.227. The topological polar surface area (TPSA) is 125 Å². The Bertz CT molecular complexity index is 971. The van der Waals surface area contributed by atoms with E-state index in [-0.39, 0.29) is 18.8 Å². The number of primary amides is 1. The maximum absolute atomic E-state index is 12.0. The number of benzene rings is 2. The quantitative estimate of drug-likeness (QED) is 0.594. The van der Waals surface area contributed by atoms with Crippen LogP contribution < -0.4 is 10.5 Å². The number of methoxy groups -OCH3 is 1. The lowest BCUT2D eigenvalue weighted by atomic mass is 9.87. The van der Waals surface area contributed by atoms with Crippen molar-refractivity contribution in [3.8, 4) is 11.5 Å². The zero-order valence-electron chi connectivity index (χ0n) is 14.4. The molecule has 0 spiro atoms. The van der Waals surface area contributed by atoms with Crippen LogP contribution in [0.3, 0.4) is 0 Å². The molecule has 3 aromatic rings. The van der Waals surface area contributed by atoms with Crippen LogP contribution in [0.4, 0.5) is 0 Å². The molecule has 0 saturated heterocycles. The van der Waals surface area contributed by atoms with Gasteiger partial charge in [-0.1, -0.05) is 12.1 Å². The van der Waals surface area contributed by atoms with Crippen molar-refractivity contribution in [1.82, 2.24) is 8.75 Å². The first-order valence-electron chi connectivity index (χ1n) is 8.01. The van der Waals surface area contributed by atoms with Gasteiger partial charge in [-0.15, -0.1) is 0 Å². The van der Waals surface area contributed by atoms with E-state index in [9.17, 15) is 14.7 Å². The van der Waals surface area contributed by atoms with Gasteiger partial charge in [0, 0.05) is 11.5 Å². The summed E-state index contributed by atoms with van der Waals surface area (Å²) in [7, 11) is 1.31. The van der Waals surface area contributed by atoms with Crippen molar-refractivity contribution >= 4 is 34.6 Å². The zero-order valence-corrected chi connectivity index (χ0v) is 15.2. The van der Waals surface area contributed by atoms with Crippen LogP contribution in [-0.2, 0) is 14.3 Å². The zero-order chi connectivity index (χ0) is 19.4. The number of hydrogen-bond acceptors (Lipinski definition) is 8. The van der Waals surface area contributed by atoms with Gasteiger partial charge in [0.25, 0.3) is 5.91 Å². The van der Waals surface area contributed by atoms with Crippen molar-refractivity contribution in [3.63, 3.8) is 0 Å². The van der Waals surface area contributed by atoms with Gasteiger partial charge in [0.2, 0.25) is 0 Å². The Morgan fingerprint density at radius 1 is 1.19 bits per heavy atom. The molecule has 2 aromatic carbocycles. The van der Waals surface area contributed by atoms with Crippen LogP contribution >= 0.6 is 11.7 Å². The van der Waals surface area contributed by atoms with Gasteiger partial charge in [0.05, 0.1) is 25.3 Å². The van der Waals surface area contributed by atoms with Crippen LogP contribution in [0.1, 0.15) is 23.5 Å². The number of hydrogen-bond donors (Lipinski definition) is 2. The summed E-state index contributed by atoms with van der Waals surface area (Å²) in [5, 5.41) is 10.5. The van der Waals surface area contributed by atoms with Crippen molar-refractivity contribution in [2.75, 3.05) is 13.7 Å². The molecule has 3 N–H and O–H groups in total. The Labute approximate surface area is 158 Å². The molecule has 0 aliphatic rings. The Balaban J connectivity index is 2.01. The number of aromatic hydroxyl groups is 1. The smallest absolute Gasteiger partial charge is 0.306 e. The highest BCUT2D eigenvalue weighted by Crippen LogP contribution is 2.39. The molecule has 0 aliphatic heterocycles. The molecule has 0 unspecified atom stereocenters. The van der Waals surface area contributed by atoms with Crippen molar-refractivity contribution in [3.05, 3.63) is 47.5 Å². The van der Waals surface area contributed by atoms with Crippen LogP contribution in [0.15, 0.2) is 36.4 Å². The minimum Gasteiger partial charge on any atom is -0.508 e. The fraction of sp³-hybridized carbons (Fsp3) is 0.222. The number of rotatable bonds is 7. The molecule has 1 amide bonds. The van der Waals surface area contributed by atoms with E-state index in [4.69, 9.17) is 15.2 Å². The second kappa shape index (κ2) is 8.00. The number of nitrogens with zero attached hydrogens (tertiary/aromatic N) is 2. The van der Waals surface area contributed by atoms with E-state index in [2.05, 4.69) is 8.75 Å². The van der Waals surface area contributed by atoms with Crippen molar-refractivity contribution in [1.29, 1.82) is 0 Å². The molecular formula is C18H17N3O5S. The third-order valence-electron chi connectivity index (χ3n) is 4.05. The average Bonchev–Trinajstić information content (AvgIpc) is 3.14. The molecule has 8 nitrogen and oxygen atoms in total. The highest BCUT2D eigenvalue weighted by atomic mass is 32.1.